The largest absolute Gasteiger partial charge is 0.359 e. The topological polar surface area (TPSA) is 90.0 Å². The van der Waals surface area contributed by atoms with Gasteiger partial charge in [0, 0.05) is 18.2 Å². The third-order valence-electron chi connectivity index (χ3n) is 4.01. The molecule has 0 spiro atoms. The van der Waals surface area contributed by atoms with E-state index in [1.807, 2.05) is 33.8 Å². The van der Waals surface area contributed by atoms with E-state index in [4.69, 9.17) is 4.52 Å². The Morgan fingerprint density at radius 1 is 1.38 bits per heavy atom. The second kappa shape index (κ2) is 7.42. The lowest BCUT2D eigenvalue weighted by atomic mass is 10.1. The number of aromatic nitrogens is 3. The van der Waals surface area contributed by atoms with E-state index in [1.165, 1.54) is 6.92 Å². The monoisotopic (exact) mass is 332 g/mol. The maximum atomic E-state index is 12.1. The highest BCUT2D eigenvalue weighted by molar-refractivity contribution is 5.96. The highest BCUT2D eigenvalue weighted by Gasteiger charge is 2.20. The van der Waals surface area contributed by atoms with Gasteiger partial charge in [-0.3, -0.25) is 14.3 Å². The summed E-state index contributed by atoms with van der Waals surface area (Å²) in [6, 6.07) is 1.70. The van der Waals surface area contributed by atoms with Gasteiger partial charge < -0.3 is 9.84 Å². The van der Waals surface area contributed by atoms with Crippen LogP contribution in [0.3, 0.4) is 0 Å². The number of Topliss-reactive ketones (excluding diaryl/α,β-unsaturated/α-hetero) is 1. The molecule has 0 aliphatic carbocycles. The zero-order valence-corrected chi connectivity index (χ0v) is 14.8. The van der Waals surface area contributed by atoms with Crippen LogP contribution >= 0.6 is 0 Å². The van der Waals surface area contributed by atoms with Crippen LogP contribution in [-0.2, 0) is 17.8 Å². The van der Waals surface area contributed by atoms with Crippen LogP contribution in [0.4, 0.5) is 0 Å². The molecule has 0 unspecified atom stereocenters. The van der Waals surface area contributed by atoms with Crippen LogP contribution < -0.4 is 5.32 Å². The first-order chi connectivity index (χ1) is 11.3. The smallest absolute Gasteiger partial charge is 0.222 e. The average Bonchev–Trinajstić information content (AvgIpc) is 3.09. The molecule has 1 N–H and O–H groups in total. The van der Waals surface area contributed by atoms with Crippen molar-refractivity contribution in [2.45, 2.75) is 60.0 Å². The van der Waals surface area contributed by atoms with Crippen molar-refractivity contribution in [2.24, 2.45) is 0 Å². The maximum Gasteiger partial charge on any atom is 0.222 e. The van der Waals surface area contributed by atoms with Crippen LogP contribution in [0.5, 0.6) is 0 Å². The number of nitrogens with one attached hydrogen (secondary N) is 1. The fourth-order valence-electron chi connectivity index (χ4n) is 2.82. The molecule has 0 aliphatic rings. The highest BCUT2D eigenvalue weighted by atomic mass is 16.5. The fraction of sp³-hybridized carbons (Fsp3) is 0.529. The number of hydrogen-bond acceptors (Lipinski definition) is 5. The Morgan fingerprint density at radius 3 is 2.62 bits per heavy atom. The van der Waals surface area contributed by atoms with Gasteiger partial charge in [-0.15, -0.1) is 0 Å². The van der Waals surface area contributed by atoms with Crippen molar-refractivity contribution in [2.75, 3.05) is 0 Å². The van der Waals surface area contributed by atoms with Crippen molar-refractivity contribution in [3.63, 3.8) is 0 Å². The number of nitrogens with zero attached hydrogens (tertiary/aromatic N) is 3. The lowest BCUT2D eigenvalue weighted by Crippen LogP contribution is -2.26. The Morgan fingerprint density at radius 2 is 2.08 bits per heavy atom. The van der Waals surface area contributed by atoms with Crippen molar-refractivity contribution in [1.82, 2.24) is 20.3 Å². The summed E-state index contributed by atoms with van der Waals surface area (Å²) in [6.07, 6.45) is 1.07. The second-order valence-electron chi connectivity index (χ2n) is 6.01. The van der Waals surface area contributed by atoms with E-state index in [9.17, 15) is 9.59 Å². The lowest BCUT2D eigenvalue weighted by Gasteiger charge is -2.14. The first-order valence-corrected chi connectivity index (χ1v) is 8.11. The van der Waals surface area contributed by atoms with Gasteiger partial charge in [-0.2, -0.15) is 5.10 Å². The SMILES string of the molecule is CCc1cc(CNC(=O)C[C@@H](C)n2nc(C)c(C(C)=O)c2C)on1. The predicted octanol–water partition coefficient (Wildman–Crippen LogP) is 2.52. The van der Waals surface area contributed by atoms with Gasteiger partial charge in [-0.1, -0.05) is 12.1 Å². The van der Waals surface area contributed by atoms with Gasteiger partial charge in [-0.05, 0) is 34.1 Å². The Kier molecular flexibility index (Phi) is 5.54. The van der Waals surface area contributed by atoms with Crippen LogP contribution in [0.1, 0.15) is 66.4 Å². The molecule has 0 bridgehead atoms. The number of carbonyl (C=O) groups excluding carboxylic acids is 2. The van der Waals surface area contributed by atoms with Gasteiger partial charge >= 0.3 is 0 Å². The first-order valence-electron chi connectivity index (χ1n) is 8.11. The Balaban J connectivity index is 1.96. The molecule has 0 saturated carbocycles. The number of aryl methyl sites for hydroxylation is 2. The quantitative estimate of drug-likeness (QED) is 0.787. The Hall–Kier alpha value is -2.44. The standard InChI is InChI=1S/C17H24N4O3/c1-6-14-8-15(24-20-14)9-18-16(23)7-10(2)21-12(4)17(13(5)22)11(3)19-21/h8,10H,6-7,9H2,1-5H3,(H,18,23)/t10-/m1/s1. The number of ketones is 1. The molecule has 7 nitrogen and oxygen atoms in total. The summed E-state index contributed by atoms with van der Waals surface area (Å²) in [5.74, 6) is 0.525. The van der Waals surface area contributed by atoms with Gasteiger partial charge in [0.2, 0.25) is 5.91 Å². The van der Waals surface area contributed by atoms with Crippen LogP contribution in [0.2, 0.25) is 0 Å². The summed E-state index contributed by atoms with van der Waals surface area (Å²) in [5.41, 5.74) is 2.99. The molecule has 2 rings (SSSR count). The fourth-order valence-corrected chi connectivity index (χ4v) is 2.82. The van der Waals surface area contributed by atoms with Crippen molar-refractivity contribution in [1.29, 1.82) is 0 Å². The van der Waals surface area contributed by atoms with E-state index in [0.717, 1.165) is 17.8 Å². The Bertz CT molecular complexity index is 745. The average molecular weight is 332 g/mol. The molecule has 0 fully saturated rings. The van der Waals surface area contributed by atoms with E-state index in [-0.39, 0.29) is 24.2 Å². The summed E-state index contributed by atoms with van der Waals surface area (Å²) in [6.45, 7) is 9.40. The molecule has 0 radical (unpaired) electrons. The molecule has 24 heavy (non-hydrogen) atoms. The molecule has 130 valence electrons. The number of carbonyl (C=O) groups is 2. The molecule has 1 atom stereocenters. The van der Waals surface area contributed by atoms with Gasteiger partial charge in [0.1, 0.15) is 0 Å². The van der Waals surface area contributed by atoms with E-state index >= 15 is 0 Å². The number of amides is 1. The minimum Gasteiger partial charge on any atom is -0.359 e. The van der Waals surface area contributed by atoms with Crippen molar-refractivity contribution < 1.29 is 14.1 Å². The third kappa shape index (κ3) is 3.90. The van der Waals surface area contributed by atoms with Crippen LogP contribution in [0, 0.1) is 13.8 Å². The van der Waals surface area contributed by atoms with Crippen LogP contribution in [-0.4, -0.2) is 26.6 Å². The lowest BCUT2D eigenvalue weighted by molar-refractivity contribution is -0.122. The first kappa shape index (κ1) is 17.9. The number of hydrogen-bond donors (Lipinski definition) is 1. The van der Waals surface area contributed by atoms with Crippen LogP contribution in [0.15, 0.2) is 10.6 Å². The normalized spacial score (nSPS) is 12.2. The van der Waals surface area contributed by atoms with Crippen molar-refractivity contribution >= 4 is 11.7 Å². The van der Waals surface area contributed by atoms with Gasteiger partial charge in [0.25, 0.3) is 0 Å². The molecule has 2 heterocycles. The predicted molar refractivity (Wildman–Crippen MR) is 88.8 cm³/mol. The minimum absolute atomic E-state index is 0.00931. The number of rotatable bonds is 7. The summed E-state index contributed by atoms with van der Waals surface area (Å²) >= 11 is 0. The summed E-state index contributed by atoms with van der Waals surface area (Å²) in [4.78, 5) is 23.8. The van der Waals surface area contributed by atoms with Gasteiger partial charge in [0.05, 0.1) is 29.5 Å². The molecular weight excluding hydrogens is 308 g/mol. The molecule has 0 aliphatic heterocycles. The third-order valence-corrected chi connectivity index (χ3v) is 4.01. The van der Waals surface area contributed by atoms with E-state index in [2.05, 4.69) is 15.6 Å². The molecular formula is C17H24N4O3. The molecule has 0 saturated heterocycles. The summed E-state index contributed by atoms with van der Waals surface area (Å²) < 4.78 is 6.89. The Labute approximate surface area is 141 Å². The van der Waals surface area contributed by atoms with E-state index in [1.54, 1.807) is 4.68 Å². The zero-order chi connectivity index (χ0) is 17.9. The maximum absolute atomic E-state index is 12.1. The minimum atomic E-state index is -0.141. The molecule has 7 heteroatoms. The summed E-state index contributed by atoms with van der Waals surface area (Å²) in [5, 5.41) is 11.1. The second-order valence-corrected chi connectivity index (χ2v) is 6.01. The van der Waals surface area contributed by atoms with Crippen molar-refractivity contribution in [3.8, 4) is 0 Å². The molecule has 1 amide bonds. The van der Waals surface area contributed by atoms with E-state index < -0.39 is 0 Å². The highest BCUT2D eigenvalue weighted by Crippen LogP contribution is 2.20. The van der Waals surface area contributed by atoms with E-state index in [0.29, 0.717) is 23.6 Å². The van der Waals surface area contributed by atoms with Gasteiger partial charge in [-0.25, -0.2) is 0 Å². The van der Waals surface area contributed by atoms with Crippen molar-refractivity contribution in [3.05, 3.63) is 34.5 Å². The van der Waals surface area contributed by atoms with Gasteiger partial charge in [0.15, 0.2) is 11.5 Å². The zero-order valence-electron chi connectivity index (χ0n) is 14.8. The van der Waals surface area contributed by atoms with Crippen LogP contribution in [0.25, 0.3) is 0 Å². The molecule has 2 aromatic heterocycles. The molecule has 2 aromatic rings. The molecule has 0 aromatic carbocycles. The summed E-state index contributed by atoms with van der Waals surface area (Å²) in [7, 11) is 0.